The van der Waals surface area contributed by atoms with Gasteiger partial charge in [-0.05, 0) is 49.7 Å². The van der Waals surface area contributed by atoms with E-state index in [1.165, 1.54) is 17.7 Å². The van der Waals surface area contributed by atoms with Crippen molar-refractivity contribution in [2.45, 2.75) is 26.9 Å². The van der Waals surface area contributed by atoms with Crippen molar-refractivity contribution in [1.82, 2.24) is 20.1 Å². The minimum atomic E-state index is -0.242. The number of aryl methyl sites for hydroxylation is 1. The van der Waals surface area contributed by atoms with Crippen molar-refractivity contribution in [2.24, 2.45) is 0 Å². The molecule has 118 valence electrons. The third kappa shape index (κ3) is 3.46. The lowest BCUT2D eigenvalue weighted by molar-refractivity contribution is 0.627. The lowest BCUT2D eigenvalue weighted by atomic mass is 10.2. The van der Waals surface area contributed by atoms with E-state index in [2.05, 4.69) is 15.4 Å². The number of hydrogen-bond acceptors (Lipinski definition) is 3. The summed E-state index contributed by atoms with van der Waals surface area (Å²) in [5, 5.41) is 8.00. The van der Waals surface area contributed by atoms with Crippen molar-refractivity contribution in [3.8, 4) is 5.69 Å². The van der Waals surface area contributed by atoms with Crippen molar-refractivity contribution in [1.29, 1.82) is 0 Å². The first-order chi connectivity index (χ1) is 11.1. The van der Waals surface area contributed by atoms with Gasteiger partial charge < -0.3 is 5.32 Å². The number of rotatable bonds is 5. The molecule has 0 bridgehead atoms. The lowest BCUT2D eigenvalue weighted by Gasteiger charge is -2.07. The molecule has 0 radical (unpaired) electrons. The van der Waals surface area contributed by atoms with Gasteiger partial charge in [0.05, 0.1) is 11.4 Å². The zero-order valence-electron chi connectivity index (χ0n) is 13.3. The van der Waals surface area contributed by atoms with Crippen LogP contribution in [0.3, 0.4) is 0 Å². The topological polar surface area (TPSA) is 42.7 Å². The zero-order valence-corrected chi connectivity index (χ0v) is 13.3. The van der Waals surface area contributed by atoms with Crippen molar-refractivity contribution in [2.75, 3.05) is 0 Å². The minimum absolute atomic E-state index is 0.242. The summed E-state index contributed by atoms with van der Waals surface area (Å²) in [5.74, 6) is -0.242. The molecule has 1 N–H and O–H groups in total. The lowest BCUT2D eigenvalue weighted by Crippen LogP contribution is -2.14. The SMILES string of the molecule is Cc1nn(-c2ccc(F)cc2)c(C)c1CNCc1cccnc1. The van der Waals surface area contributed by atoms with E-state index in [9.17, 15) is 4.39 Å². The molecule has 0 aliphatic carbocycles. The summed E-state index contributed by atoms with van der Waals surface area (Å²) in [4.78, 5) is 4.11. The van der Waals surface area contributed by atoms with Crippen LogP contribution in [0.1, 0.15) is 22.5 Å². The molecule has 0 aliphatic heterocycles. The van der Waals surface area contributed by atoms with E-state index in [1.54, 1.807) is 18.3 Å². The normalized spacial score (nSPS) is 10.9. The summed E-state index contributed by atoms with van der Waals surface area (Å²) in [6.45, 7) is 5.51. The molecule has 0 atom stereocenters. The van der Waals surface area contributed by atoms with Crippen LogP contribution in [0, 0.1) is 19.7 Å². The first-order valence-corrected chi connectivity index (χ1v) is 7.56. The van der Waals surface area contributed by atoms with E-state index in [1.807, 2.05) is 36.9 Å². The first-order valence-electron chi connectivity index (χ1n) is 7.56. The Hall–Kier alpha value is -2.53. The molecular weight excluding hydrogens is 291 g/mol. The van der Waals surface area contributed by atoms with Crippen LogP contribution in [-0.2, 0) is 13.1 Å². The van der Waals surface area contributed by atoms with Gasteiger partial charge in [0.1, 0.15) is 5.82 Å². The van der Waals surface area contributed by atoms with E-state index < -0.39 is 0 Å². The average molecular weight is 310 g/mol. The highest BCUT2D eigenvalue weighted by Gasteiger charge is 2.12. The number of hydrogen-bond donors (Lipinski definition) is 1. The van der Waals surface area contributed by atoms with Crippen LogP contribution in [0.2, 0.25) is 0 Å². The summed E-state index contributed by atoms with van der Waals surface area (Å²) in [7, 11) is 0. The Balaban J connectivity index is 1.74. The summed E-state index contributed by atoms with van der Waals surface area (Å²) < 4.78 is 14.9. The number of pyridine rings is 1. The number of nitrogens with zero attached hydrogens (tertiary/aromatic N) is 3. The largest absolute Gasteiger partial charge is 0.308 e. The third-order valence-electron chi connectivity index (χ3n) is 3.87. The number of halogens is 1. The molecule has 5 heteroatoms. The second-order valence-corrected chi connectivity index (χ2v) is 5.50. The Kier molecular flexibility index (Phi) is 4.48. The molecule has 23 heavy (non-hydrogen) atoms. The van der Waals surface area contributed by atoms with Crippen LogP contribution >= 0.6 is 0 Å². The number of benzene rings is 1. The van der Waals surface area contributed by atoms with Gasteiger partial charge in [0.2, 0.25) is 0 Å². The van der Waals surface area contributed by atoms with Gasteiger partial charge in [-0.3, -0.25) is 4.98 Å². The van der Waals surface area contributed by atoms with E-state index in [-0.39, 0.29) is 5.82 Å². The first kappa shape index (κ1) is 15.4. The molecule has 0 spiro atoms. The van der Waals surface area contributed by atoms with Crippen molar-refractivity contribution < 1.29 is 4.39 Å². The Morgan fingerprint density at radius 1 is 1.09 bits per heavy atom. The van der Waals surface area contributed by atoms with Gasteiger partial charge in [-0.25, -0.2) is 9.07 Å². The molecule has 0 fully saturated rings. The monoisotopic (exact) mass is 310 g/mol. The predicted octanol–water partition coefficient (Wildman–Crippen LogP) is 3.31. The van der Waals surface area contributed by atoms with Crippen molar-refractivity contribution in [3.05, 3.63) is 77.1 Å². The van der Waals surface area contributed by atoms with Gasteiger partial charge in [0.15, 0.2) is 0 Å². The maximum atomic E-state index is 13.1. The maximum absolute atomic E-state index is 13.1. The molecule has 0 unspecified atom stereocenters. The van der Waals surface area contributed by atoms with Gasteiger partial charge in [0, 0.05) is 36.7 Å². The van der Waals surface area contributed by atoms with Crippen LogP contribution in [0.4, 0.5) is 4.39 Å². The Morgan fingerprint density at radius 3 is 2.57 bits per heavy atom. The summed E-state index contributed by atoms with van der Waals surface area (Å²) in [6.07, 6.45) is 3.62. The van der Waals surface area contributed by atoms with E-state index in [4.69, 9.17) is 0 Å². The number of nitrogens with one attached hydrogen (secondary N) is 1. The highest BCUT2D eigenvalue weighted by atomic mass is 19.1. The molecule has 3 rings (SSSR count). The van der Waals surface area contributed by atoms with Gasteiger partial charge in [-0.15, -0.1) is 0 Å². The fourth-order valence-corrected chi connectivity index (χ4v) is 2.60. The van der Waals surface area contributed by atoms with Crippen LogP contribution in [-0.4, -0.2) is 14.8 Å². The average Bonchev–Trinajstić information content (AvgIpc) is 2.85. The Morgan fingerprint density at radius 2 is 1.87 bits per heavy atom. The highest BCUT2D eigenvalue weighted by Crippen LogP contribution is 2.18. The second-order valence-electron chi connectivity index (χ2n) is 5.50. The molecular formula is C18H19FN4. The second kappa shape index (κ2) is 6.71. The van der Waals surface area contributed by atoms with E-state index in [0.717, 1.165) is 35.7 Å². The highest BCUT2D eigenvalue weighted by molar-refractivity contribution is 5.37. The fraction of sp³-hybridized carbons (Fsp3) is 0.222. The van der Waals surface area contributed by atoms with Crippen LogP contribution in [0.15, 0.2) is 48.8 Å². The van der Waals surface area contributed by atoms with Gasteiger partial charge in [-0.1, -0.05) is 6.07 Å². The summed E-state index contributed by atoms with van der Waals surface area (Å²) >= 11 is 0. The van der Waals surface area contributed by atoms with Crippen LogP contribution < -0.4 is 5.32 Å². The molecule has 2 aromatic heterocycles. The molecule has 1 aromatic carbocycles. The molecule has 0 aliphatic rings. The van der Waals surface area contributed by atoms with E-state index in [0.29, 0.717) is 0 Å². The van der Waals surface area contributed by atoms with Gasteiger partial charge in [0.25, 0.3) is 0 Å². The van der Waals surface area contributed by atoms with Gasteiger partial charge >= 0.3 is 0 Å². The van der Waals surface area contributed by atoms with E-state index >= 15 is 0 Å². The summed E-state index contributed by atoms with van der Waals surface area (Å²) in [5.41, 5.74) is 5.22. The molecule has 0 saturated heterocycles. The molecule has 3 aromatic rings. The maximum Gasteiger partial charge on any atom is 0.123 e. The minimum Gasteiger partial charge on any atom is -0.308 e. The quantitative estimate of drug-likeness (QED) is 0.786. The Labute approximate surface area is 135 Å². The smallest absolute Gasteiger partial charge is 0.123 e. The van der Waals surface area contributed by atoms with Crippen LogP contribution in [0.5, 0.6) is 0 Å². The molecule has 0 saturated carbocycles. The molecule has 2 heterocycles. The van der Waals surface area contributed by atoms with Crippen molar-refractivity contribution in [3.63, 3.8) is 0 Å². The number of aromatic nitrogens is 3. The predicted molar refractivity (Wildman–Crippen MR) is 87.8 cm³/mol. The van der Waals surface area contributed by atoms with Crippen LogP contribution in [0.25, 0.3) is 5.69 Å². The third-order valence-corrected chi connectivity index (χ3v) is 3.87. The molecule has 4 nitrogen and oxygen atoms in total. The van der Waals surface area contributed by atoms with Crippen molar-refractivity contribution >= 4 is 0 Å². The fourth-order valence-electron chi connectivity index (χ4n) is 2.60. The zero-order chi connectivity index (χ0) is 16.2. The van der Waals surface area contributed by atoms with Gasteiger partial charge in [-0.2, -0.15) is 5.10 Å². The Bertz CT molecular complexity index is 779. The molecule has 0 amide bonds. The standard InChI is InChI=1S/C18H19FN4/c1-13-18(12-21-11-15-4-3-9-20-10-15)14(2)23(22-13)17-7-5-16(19)6-8-17/h3-10,21H,11-12H2,1-2H3. The summed E-state index contributed by atoms with van der Waals surface area (Å²) in [6, 6.07) is 10.4.